The van der Waals surface area contributed by atoms with Gasteiger partial charge in [0.25, 0.3) is 5.91 Å². The van der Waals surface area contributed by atoms with E-state index in [1.54, 1.807) is 17.5 Å². The lowest BCUT2D eigenvalue weighted by molar-refractivity contribution is 0.102. The lowest BCUT2D eigenvalue weighted by Gasteiger charge is -2.09. The van der Waals surface area contributed by atoms with Gasteiger partial charge in [-0.25, -0.2) is 9.67 Å². The second kappa shape index (κ2) is 8.01. The highest BCUT2D eigenvalue weighted by Gasteiger charge is 2.20. The minimum Gasteiger partial charge on any atom is -0.296 e. The zero-order valence-corrected chi connectivity index (χ0v) is 18.4. The monoisotopic (exact) mass is 446 g/mol. The van der Waals surface area contributed by atoms with Gasteiger partial charge in [0, 0.05) is 11.6 Å². The topological polar surface area (TPSA) is 85.6 Å². The summed E-state index contributed by atoms with van der Waals surface area (Å²) in [6, 6.07) is 15.7. The largest absolute Gasteiger partial charge is 0.296 e. The van der Waals surface area contributed by atoms with E-state index in [2.05, 4.69) is 20.6 Å². The highest BCUT2D eigenvalue weighted by atomic mass is 32.1. The van der Waals surface area contributed by atoms with Crippen molar-refractivity contribution >= 4 is 44.7 Å². The molecule has 0 aliphatic carbocycles. The van der Waals surface area contributed by atoms with Crippen LogP contribution in [0.2, 0.25) is 0 Å². The number of rotatable bonds is 5. The lowest BCUT2D eigenvalue weighted by atomic mass is 10.1. The van der Waals surface area contributed by atoms with Crippen LogP contribution in [0.15, 0.2) is 60.1 Å². The molecule has 0 aliphatic heterocycles. The molecule has 7 nitrogen and oxygen atoms in total. The molecule has 9 heteroatoms. The summed E-state index contributed by atoms with van der Waals surface area (Å²) in [5.74, 6) is -0.260. The number of hydrogen-bond donors (Lipinski definition) is 1. The van der Waals surface area contributed by atoms with Crippen molar-refractivity contribution in [3.63, 3.8) is 0 Å². The first-order valence-corrected chi connectivity index (χ1v) is 11.4. The molecule has 0 unspecified atom stereocenters. The predicted molar refractivity (Wildman–Crippen MR) is 125 cm³/mol. The third kappa shape index (κ3) is 3.73. The minimum absolute atomic E-state index is 0.121. The molecule has 0 saturated heterocycles. The number of fused-ring (bicyclic) bond motifs is 1. The Balaban J connectivity index is 1.53. The third-order valence-corrected chi connectivity index (χ3v) is 6.52. The lowest BCUT2D eigenvalue weighted by Crippen LogP contribution is -2.13. The van der Waals surface area contributed by atoms with Crippen molar-refractivity contribution in [2.24, 2.45) is 0 Å². The number of carbonyl (C=O) groups is 1. The number of hydrogen-bond acceptors (Lipinski definition) is 7. The minimum atomic E-state index is -0.260. The van der Waals surface area contributed by atoms with Gasteiger partial charge >= 0.3 is 0 Å². The molecule has 0 spiro atoms. The Morgan fingerprint density at radius 1 is 1.10 bits per heavy atom. The molecule has 5 aromatic rings. The summed E-state index contributed by atoms with van der Waals surface area (Å²) in [5.41, 5.74) is 2.91. The average molecular weight is 447 g/mol. The number of anilines is 1. The molecule has 154 valence electrons. The number of aromatic nitrogens is 5. The van der Waals surface area contributed by atoms with Crippen molar-refractivity contribution < 1.29 is 4.79 Å². The fraction of sp³-hybridized carbons (Fsp3) is 0.136. The van der Waals surface area contributed by atoms with Gasteiger partial charge in [0.1, 0.15) is 5.01 Å². The molecule has 0 atom stereocenters. The number of nitrogens with zero attached hydrogens (tertiary/aromatic N) is 5. The number of thiophene rings is 1. The maximum atomic E-state index is 13.2. The van der Waals surface area contributed by atoms with Gasteiger partial charge in [-0.1, -0.05) is 47.7 Å². The Bertz CT molecular complexity index is 1360. The predicted octanol–water partition coefficient (Wildman–Crippen LogP) is 5.51. The molecule has 1 amide bonds. The van der Waals surface area contributed by atoms with E-state index in [0.29, 0.717) is 21.7 Å². The second-order valence-electron chi connectivity index (χ2n) is 7.19. The van der Waals surface area contributed by atoms with E-state index in [1.165, 1.54) is 11.3 Å². The maximum Gasteiger partial charge on any atom is 0.258 e. The Labute approximate surface area is 186 Å². The van der Waals surface area contributed by atoms with Crippen molar-refractivity contribution in [1.29, 1.82) is 0 Å². The molecule has 0 fully saturated rings. The van der Waals surface area contributed by atoms with Crippen LogP contribution in [0.3, 0.4) is 0 Å². The van der Waals surface area contributed by atoms with E-state index in [0.717, 1.165) is 21.1 Å². The number of benzene rings is 1. The van der Waals surface area contributed by atoms with Crippen LogP contribution in [0, 0.1) is 0 Å². The summed E-state index contributed by atoms with van der Waals surface area (Å²) in [6.45, 7) is 4.08. The molecule has 0 saturated carbocycles. The van der Waals surface area contributed by atoms with Gasteiger partial charge in [-0.05, 0) is 31.4 Å². The molecule has 0 radical (unpaired) electrons. The van der Waals surface area contributed by atoms with Crippen molar-refractivity contribution in [2.45, 2.75) is 19.9 Å². The summed E-state index contributed by atoms with van der Waals surface area (Å²) >= 11 is 2.92. The van der Waals surface area contributed by atoms with E-state index < -0.39 is 0 Å². The Hall–Kier alpha value is -3.43. The van der Waals surface area contributed by atoms with E-state index in [-0.39, 0.29) is 11.9 Å². The fourth-order valence-corrected chi connectivity index (χ4v) is 4.70. The van der Waals surface area contributed by atoms with Gasteiger partial charge in [0.15, 0.2) is 5.65 Å². The van der Waals surface area contributed by atoms with Gasteiger partial charge in [0.2, 0.25) is 5.13 Å². The molecule has 0 aliphatic rings. The van der Waals surface area contributed by atoms with Crippen molar-refractivity contribution in [1.82, 2.24) is 25.0 Å². The van der Waals surface area contributed by atoms with E-state index in [1.807, 2.05) is 72.4 Å². The molecule has 4 aromatic heterocycles. The molecule has 4 heterocycles. The zero-order valence-electron chi connectivity index (χ0n) is 16.8. The first kappa shape index (κ1) is 19.5. The van der Waals surface area contributed by atoms with Gasteiger partial charge in [-0.3, -0.25) is 10.1 Å². The molecule has 5 rings (SSSR count). The molecular weight excluding hydrogens is 428 g/mol. The van der Waals surface area contributed by atoms with Crippen LogP contribution in [0.25, 0.3) is 32.2 Å². The second-order valence-corrected chi connectivity index (χ2v) is 9.11. The summed E-state index contributed by atoms with van der Waals surface area (Å²) in [5, 5.41) is 19.6. The van der Waals surface area contributed by atoms with E-state index in [9.17, 15) is 4.79 Å². The molecular formula is C22H18N6OS2. The van der Waals surface area contributed by atoms with Gasteiger partial charge in [-0.2, -0.15) is 5.10 Å². The smallest absolute Gasteiger partial charge is 0.258 e. The van der Waals surface area contributed by atoms with E-state index in [4.69, 9.17) is 4.98 Å². The summed E-state index contributed by atoms with van der Waals surface area (Å²) in [6.07, 6.45) is 1.70. The SMILES string of the molecule is CC(C)n1ncc2c(C(=O)Nc3nnc(-c4ccccc4)s3)cc(-c3cccs3)nc21. The van der Waals surface area contributed by atoms with Crippen LogP contribution < -0.4 is 5.32 Å². The Morgan fingerprint density at radius 2 is 1.94 bits per heavy atom. The van der Waals surface area contributed by atoms with Crippen molar-refractivity contribution in [3.05, 3.63) is 65.7 Å². The summed E-state index contributed by atoms with van der Waals surface area (Å²) in [4.78, 5) is 19.0. The molecule has 0 bridgehead atoms. The van der Waals surface area contributed by atoms with Crippen molar-refractivity contribution in [2.75, 3.05) is 5.32 Å². The Kier molecular flexibility index (Phi) is 5.05. The number of amides is 1. The first-order valence-electron chi connectivity index (χ1n) is 9.72. The van der Waals surface area contributed by atoms with Crippen LogP contribution in [0.5, 0.6) is 0 Å². The van der Waals surface area contributed by atoms with Crippen LogP contribution >= 0.6 is 22.7 Å². The zero-order chi connectivity index (χ0) is 21.4. The maximum absolute atomic E-state index is 13.2. The van der Waals surface area contributed by atoms with Crippen LogP contribution in [-0.4, -0.2) is 30.9 Å². The van der Waals surface area contributed by atoms with Crippen LogP contribution in [0.4, 0.5) is 5.13 Å². The Morgan fingerprint density at radius 3 is 2.68 bits per heavy atom. The van der Waals surface area contributed by atoms with Gasteiger partial charge < -0.3 is 0 Å². The number of carbonyl (C=O) groups excluding carboxylic acids is 1. The quantitative estimate of drug-likeness (QED) is 0.385. The molecule has 31 heavy (non-hydrogen) atoms. The molecule has 1 aromatic carbocycles. The number of pyridine rings is 1. The summed E-state index contributed by atoms with van der Waals surface area (Å²) in [7, 11) is 0. The van der Waals surface area contributed by atoms with Crippen LogP contribution in [0.1, 0.15) is 30.2 Å². The normalized spacial score (nSPS) is 11.3. The van der Waals surface area contributed by atoms with Crippen molar-refractivity contribution in [3.8, 4) is 21.1 Å². The fourth-order valence-electron chi connectivity index (χ4n) is 3.27. The average Bonchev–Trinajstić information content (AvgIpc) is 3.53. The van der Waals surface area contributed by atoms with Crippen LogP contribution in [-0.2, 0) is 0 Å². The highest BCUT2D eigenvalue weighted by molar-refractivity contribution is 7.18. The molecule has 1 N–H and O–H groups in total. The first-order chi connectivity index (χ1) is 15.1. The van der Waals surface area contributed by atoms with Gasteiger partial charge in [0.05, 0.1) is 27.7 Å². The highest BCUT2D eigenvalue weighted by Crippen LogP contribution is 2.30. The number of nitrogens with one attached hydrogen (secondary N) is 1. The third-order valence-electron chi connectivity index (χ3n) is 4.74. The van der Waals surface area contributed by atoms with Gasteiger partial charge in [-0.15, -0.1) is 21.5 Å². The standard InChI is InChI=1S/C22H18N6OS2/c1-13(2)28-19-16(12-23-28)15(11-17(24-19)18-9-6-10-30-18)20(29)25-22-27-26-21(31-22)14-7-4-3-5-8-14/h3-13H,1-2H3,(H,25,27,29). The summed E-state index contributed by atoms with van der Waals surface area (Å²) < 4.78 is 1.83. The van der Waals surface area contributed by atoms with E-state index >= 15 is 0 Å².